The lowest BCUT2D eigenvalue weighted by atomic mass is 10.2. The van der Waals surface area contributed by atoms with Crippen LogP contribution in [0.2, 0.25) is 0 Å². The van der Waals surface area contributed by atoms with Crippen molar-refractivity contribution in [3.05, 3.63) is 0 Å². The van der Waals surface area contributed by atoms with Crippen molar-refractivity contribution in [1.29, 1.82) is 0 Å². The first kappa shape index (κ1) is 15.2. The fourth-order valence-corrected chi connectivity index (χ4v) is 1.76. The van der Waals surface area contributed by atoms with Gasteiger partial charge in [-0.3, -0.25) is 0 Å². The molecule has 0 aliphatic heterocycles. The summed E-state index contributed by atoms with van der Waals surface area (Å²) in [6.07, 6.45) is 5.03. The lowest BCUT2D eigenvalue weighted by Gasteiger charge is -2.20. The number of rotatable bonds is 9. The number of ether oxygens (including phenoxy) is 1. The predicted octanol–water partition coefficient (Wildman–Crippen LogP) is 3.12. The smallest absolute Gasteiger partial charge is 0.133 e. The second-order valence-corrected chi connectivity index (χ2v) is 4.65. The van der Waals surface area contributed by atoms with Gasteiger partial charge in [0.15, 0.2) is 0 Å². The fraction of sp³-hybridized carbons (Fsp3) is 0.909. The van der Waals surface area contributed by atoms with Gasteiger partial charge < -0.3 is 9.64 Å². The Balaban J connectivity index is 3.25. The quantitative estimate of drug-likeness (QED) is 0.383. The predicted molar refractivity (Wildman–Crippen MR) is 73.8 cm³/mol. The first-order valence-electron chi connectivity index (χ1n) is 5.78. The van der Waals surface area contributed by atoms with Crippen molar-refractivity contribution in [2.24, 2.45) is 0 Å². The summed E-state index contributed by atoms with van der Waals surface area (Å²) in [6, 6.07) is 0. The molecule has 0 N–H and O–H groups in total. The molecule has 15 heavy (non-hydrogen) atoms. The molecule has 0 bridgehead atoms. The van der Waals surface area contributed by atoms with Crippen LogP contribution in [0.5, 0.6) is 0 Å². The normalized spacial score (nSPS) is 10.3. The minimum atomic E-state index is 0.659. The minimum absolute atomic E-state index is 0.659. The van der Waals surface area contributed by atoms with E-state index in [1.807, 2.05) is 4.90 Å². The van der Waals surface area contributed by atoms with Crippen molar-refractivity contribution in [2.75, 3.05) is 26.3 Å². The van der Waals surface area contributed by atoms with Gasteiger partial charge in [-0.15, -0.1) is 12.6 Å². The number of hydrogen-bond acceptors (Lipinski definition) is 2. The molecule has 0 aromatic rings. The second-order valence-electron chi connectivity index (χ2n) is 3.54. The van der Waals surface area contributed by atoms with Gasteiger partial charge in [-0.2, -0.15) is 0 Å². The molecule has 0 saturated carbocycles. The standard InChI is InChI=1S/C11H23NOS2/c1-3-5-6-7-9-13-10-8-12(4-2)11(14)15/h3-10H2,1-2H3,(H,14,15). The topological polar surface area (TPSA) is 12.5 Å². The highest BCUT2D eigenvalue weighted by molar-refractivity contribution is 8.10. The van der Waals surface area contributed by atoms with Crippen LogP contribution in [0.1, 0.15) is 39.5 Å². The third-order valence-electron chi connectivity index (χ3n) is 2.30. The average Bonchev–Trinajstić information content (AvgIpc) is 2.21. The van der Waals surface area contributed by atoms with E-state index in [9.17, 15) is 0 Å². The Morgan fingerprint density at radius 2 is 1.93 bits per heavy atom. The average molecular weight is 249 g/mol. The molecule has 0 fully saturated rings. The highest BCUT2D eigenvalue weighted by Crippen LogP contribution is 2.00. The van der Waals surface area contributed by atoms with Crippen LogP contribution in [0.25, 0.3) is 0 Å². The Bertz CT molecular complexity index is 165. The first-order valence-corrected chi connectivity index (χ1v) is 6.63. The van der Waals surface area contributed by atoms with E-state index in [2.05, 4.69) is 26.5 Å². The van der Waals surface area contributed by atoms with E-state index in [-0.39, 0.29) is 0 Å². The molecule has 0 aromatic heterocycles. The Kier molecular flexibility index (Phi) is 10.9. The number of thiol groups is 1. The van der Waals surface area contributed by atoms with Crippen LogP contribution in [0.15, 0.2) is 0 Å². The van der Waals surface area contributed by atoms with Crippen molar-refractivity contribution in [2.45, 2.75) is 39.5 Å². The third kappa shape index (κ3) is 9.15. The zero-order chi connectivity index (χ0) is 11.5. The summed E-state index contributed by atoms with van der Waals surface area (Å²) in [5, 5.41) is 0. The van der Waals surface area contributed by atoms with Crippen LogP contribution in [0.3, 0.4) is 0 Å². The van der Waals surface area contributed by atoms with Gasteiger partial charge in [0.05, 0.1) is 6.61 Å². The maximum Gasteiger partial charge on any atom is 0.133 e. The highest BCUT2D eigenvalue weighted by Gasteiger charge is 2.02. The summed E-state index contributed by atoms with van der Waals surface area (Å²) in [6.45, 7) is 7.67. The fourth-order valence-electron chi connectivity index (χ4n) is 1.30. The number of hydrogen-bond donors (Lipinski definition) is 1. The van der Waals surface area contributed by atoms with Gasteiger partial charge in [0.25, 0.3) is 0 Å². The molecule has 90 valence electrons. The number of unbranched alkanes of at least 4 members (excludes halogenated alkanes) is 3. The Morgan fingerprint density at radius 1 is 1.20 bits per heavy atom. The van der Waals surface area contributed by atoms with Crippen molar-refractivity contribution >= 4 is 29.2 Å². The van der Waals surface area contributed by atoms with E-state index >= 15 is 0 Å². The van der Waals surface area contributed by atoms with E-state index < -0.39 is 0 Å². The largest absolute Gasteiger partial charge is 0.380 e. The molecular weight excluding hydrogens is 226 g/mol. The summed E-state index contributed by atoms with van der Waals surface area (Å²) < 4.78 is 6.19. The first-order chi connectivity index (χ1) is 7.22. The van der Waals surface area contributed by atoms with Gasteiger partial charge in [0.1, 0.15) is 4.32 Å². The molecule has 2 nitrogen and oxygen atoms in total. The van der Waals surface area contributed by atoms with E-state index in [1.54, 1.807) is 0 Å². The summed E-state index contributed by atoms with van der Waals surface area (Å²) in [5.74, 6) is 0. The van der Waals surface area contributed by atoms with Gasteiger partial charge in [0.2, 0.25) is 0 Å². The summed E-state index contributed by atoms with van der Waals surface area (Å²) in [7, 11) is 0. The van der Waals surface area contributed by atoms with Gasteiger partial charge in [-0.25, -0.2) is 0 Å². The van der Waals surface area contributed by atoms with Gasteiger partial charge >= 0.3 is 0 Å². The maximum atomic E-state index is 5.53. The Hall–Kier alpha value is 0.200. The zero-order valence-electron chi connectivity index (χ0n) is 9.87. The van der Waals surface area contributed by atoms with Crippen LogP contribution < -0.4 is 0 Å². The lowest BCUT2D eigenvalue weighted by Crippen LogP contribution is -2.29. The van der Waals surface area contributed by atoms with E-state index in [0.29, 0.717) is 4.32 Å². The van der Waals surface area contributed by atoms with Crippen LogP contribution in [-0.2, 0) is 4.74 Å². The molecule has 0 unspecified atom stereocenters. The van der Waals surface area contributed by atoms with Crippen molar-refractivity contribution in [1.82, 2.24) is 4.90 Å². The molecule has 0 aromatic carbocycles. The zero-order valence-corrected chi connectivity index (χ0v) is 11.6. The monoisotopic (exact) mass is 249 g/mol. The third-order valence-corrected chi connectivity index (χ3v) is 2.84. The minimum Gasteiger partial charge on any atom is -0.380 e. The summed E-state index contributed by atoms with van der Waals surface area (Å²) >= 11 is 9.13. The highest BCUT2D eigenvalue weighted by atomic mass is 32.1. The van der Waals surface area contributed by atoms with E-state index in [0.717, 1.165) is 26.3 Å². The van der Waals surface area contributed by atoms with E-state index in [1.165, 1.54) is 25.7 Å². The molecule has 0 spiro atoms. The van der Waals surface area contributed by atoms with E-state index in [4.69, 9.17) is 17.0 Å². The molecular formula is C11H23NOS2. The Labute approximate surface area is 105 Å². The summed E-state index contributed by atoms with van der Waals surface area (Å²) in [4.78, 5) is 2.03. The number of thiocarbonyl (C=S) groups is 1. The molecule has 4 heteroatoms. The van der Waals surface area contributed by atoms with Crippen LogP contribution in [0, 0.1) is 0 Å². The van der Waals surface area contributed by atoms with Crippen LogP contribution in [0.4, 0.5) is 0 Å². The SMILES string of the molecule is CCCCCCOCCN(CC)C(=S)S. The van der Waals surface area contributed by atoms with Crippen LogP contribution >= 0.6 is 24.8 Å². The molecule has 0 rings (SSSR count). The van der Waals surface area contributed by atoms with Crippen molar-refractivity contribution in [3.8, 4) is 0 Å². The number of likely N-dealkylation sites (N-methyl/N-ethyl adjacent to an activating group) is 1. The Morgan fingerprint density at radius 3 is 2.47 bits per heavy atom. The molecule has 0 heterocycles. The lowest BCUT2D eigenvalue weighted by molar-refractivity contribution is 0.119. The van der Waals surface area contributed by atoms with Gasteiger partial charge in [0, 0.05) is 19.7 Å². The van der Waals surface area contributed by atoms with Gasteiger partial charge in [-0.05, 0) is 13.3 Å². The summed E-state index contributed by atoms with van der Waals surface area (Å²) in [5.41, 5.74) is 0. The van der Waals surface area contributed by atoms with Gasteiger partial charge in [-0.1, -0.05) is 38.4 Å². The molecule has 0 atom stereocenters. The number of nitrogens with zero attached hydrogens (tertiary/aromatic N) is 1. The van der Waals surface area contributed by atoms with Crippen LogP contribution in [-0.4, -0.2) is 35.5 Å². The maximum absolute atomic E-state index is 5.53. The van der Waals surface area contributed by atoms with Crippen molar-refractivity contribution < 1.29 is 4.74 Å². The molecule has 0 aliphatic carbocycles. The van der Waals surface area contributed by atoms with Crippen molar-refractivity contribution in [3.63, 3.8) is 0 Å². The molecule has 0 radical (unpaired) electrons. The molecule has 0 aliphatic rings. The molecule has 0 saturated heterocycles. The second kappa shape index (κ2) is 10.7. The molecule has 0 amide bonds.